The monoisotopic (exact) mass is 183 g/mol. The van der Waals surface area contributed by atoms with Crippen molar-refractivity contribution in [1.82, 2.24) is 5.32 Å². The van der Waals surface area contributed by atoms with E-state index in [9.17, 15) is 9.59 Å². The zero-order valence-electron chi connectivity index (χ0n) is 8.46. The van der Waals surface area contributed by atoms with Gasteiger partial charge in [0.25, 0.3) is 0 Å². The minimum Gasteiger partial charge on any atom is -0.346 e. The zero-order valence-corrected chi connectivity index (χ0v) is 8.46. The maximum atomic E-state index is 11.3. The van der Waals surface area contributed by atoms with Crippen LogP contribution in [-0.2, 0) is 9.59 Å². The first-order chi connectivity index (χ1) is 6.00. The first-order valence-electron chi connectivity index (χ1n) is 4.82. The van der Waals surface area contributed by atoms with Gasteiger partial charge < -0.3 is 5.32 Å². The van der Waals surface area contributed by atoms with E-state index < -0.39 is 0 Å². The quantitative estimate of drug-likeness (QED) is 0.666. The van der Waals surface area contributed by atoms with Gasteiger partial charge in [-0.3, -0.25) is 9.59 Å². The lowest BCUT2D eigenvalue weighted by atomic mass is 9.91. The van der Waals surface area contributed by atoms with Gasteiger partial charge in [0.05, 0.1) is 12.5 Å². The average molecular weight is 183 g/mol. The van der Waals surface area contributed by atoms with Crippen molar-refractivity contribution < 1.29 is 9.59 Å². The predicted octanol–water partition coefficient (Wildman–Crippen LogP) is 1.13. The van der Waals surface area contributed by atoms with Crippen LogP contribution in [0.3, 0.4) is 0 Å². The standard InChI is InChI=1S/C10H17NO2/c1-6(2)4-7(3)10-8(12)5-9(13)11-10/h6-7,10H,4-5H2,1-3H3,(H,11,13). The van der Waals surface area contributed by atoms with E-state index in [1.807, 2.05) is 6.92 Å². The fraction of sp³-hybridized carbons (Fsp3) is 0.800. The van der Waals surface area contributed by atoms with Crippen LogP contribution in [0, 0.1) is 11.8 Å². The molecule has 1 amide bonds. The topological polar surface area (TPSA) is 46.2 Å². The summed E-state index contributed by atoms with van der Waals surface area (Å²) in [5.41, 5.74) is 0. The van der Waals surface area contributed by atoms with Gasteiger partial charge in [-0.05, 0) is 18.3 Å². The molecule has 1 aliphatic rings. The molecule has 74 valence electrons. The molecule has 13 heavy (non-hydrogen) atoms. The second-order valence-corrected chi connectivity index (χ2v) is 4.30. The minimum absolute atomic E-state index is 0.0538. The van der Waals surface area contributed by atoms with Crippen LogP contribution in [0.4, 0.5) is 0 Å². The zero-order chi connectivity index (χ0) is 10.0. The third-order valence-corrected chi connectivity index (χ3v) is 2.41. The van der Waals surface area contributed by atoms with Gasteiger partial charge in [-0.2, -0.15) is 0 Å². The summed E-state index contributed by atoms with van der Waals surface area (Å²) >= 11 is 0. The predicted molar refractivity (Wildman–Crippen MR) is 50.2 cm³/mol. The van der Waals surface area contributed by atoms with Crippen molar-refractivity contribution in [2.24, 2.45) is 11.8 Å². The summed E-state index contributed by atoms with van der Waals surface area (Å²) < 4.78 is 0. The van der Waals surface area contributed by atoms with Gasteiger partial charge in [-0.1, -0.05) is 20.8 Å². The summed E-state index contributed by atoms with van der Waals surface area (Å²) in [5, 5.41) is 2.72. The Morgan fingerprint density at radius 2 is 2.00 bits per heavy atom. The van der Waals surface area contributed by atoms with Crippen LogP contribution in [0.2, 0.25) is 0 Å². The van der Waals surface area contributed by atoms with Crippen LogP contribution in [0.15, 0.2) is 0 Å². The number of amides is 1. The minimum atomic E-state index is -0.227. The van der Waals surface area contributed by atoms with Gasteiger partial charge in [0.15, 0.2) is 5.78 Å². The summed E-state index contributed by atoms with van der Waals surface area (Å²) in [7, 11) is 0. The Morgan fingerprint density at radius 3 is 2.38 bits per heavy atom. The fourth-order valence-electron chi connectivity index (χ4n) is 1.91. The number of carbonyl (C=O) groups excluding carboxylic acids is 2. The molecule has 2 atom stereocenters. The van der Waals surface area contributed by atoms with E-state index in [1.165, 1.54) is 0 Å². The number of rotatable bonds is 3. The second kappa shape index (κ2) is 3.90. The van der Waals surface area contributed by atoms with Gasteiger partial charge in [0, 0.05) is 0 Å². The summed E-state index contributed by atoms with van der Waals surface area (Å²) in [6.45, 7) is 6.27. The summed E-state index contributed by atoms with van der Waals surface area (Å²) in [5.74, 6) is 0.767. The number of carbonyl (C=O) groups is 2. The Labute approximate surface area is 78.9 Å². The molecule has 0 aromatic carbocycles. The third-order valence-electron chi connectivity index (χ3n) is 2.41. The molecule has 1 fully saturated rings. The molecule has 0 bridgehead atoms. The third kappa shape index (κ3) is 2.54. The van der Waals surface area contributed by atoms with Gasteiger partial charge in [0.1, 0.15) is 0 Å². The lowest BCUT2D eigenvalue weighted by Crippen LogP contribution is -2.36. The van der Waals surface area contributed by atoms with Crippen molar-refractivity contribution in [3.8, 4) is 0 Å². The molecule has 1 rings (SSSR count). The molecule has 0 saturated carbocycles. The van der Waals surface area contributed by atoms with Crippen LogP contribution in [0.25, 0.3) is 0 Å². The first kappa shape index (κ1) is 10.2. The normalized spacial score (nSPS) is 25.1. The lowest BCUT2D eigenvalue weighted by Gasteiger charge is -2.19. The molecular formula is C10H17NO2. The molecule has 3 heteroatoms. The summed E-state index contributed by atoms with van der Waals surface area (Å²) in [4.78, 5) is 22.2. The van der Waals surface area contributed by atoms with E-state index in [1.54, 1.807) is 0 Å². The molecule has 2 unspecified atom stereocenters. The summed E-state index contributed by atoms with van der Waals surface area (Å²) in [6.07, 6.45) is 1.06. The highest BCUT2D eigenvalue weighted by Gasteiger charge is 2.33. The van der Waals surface area contributed by atoms with Crippen LogP contribution in [0.5, 0.6) is 0 Å². The van der Waals surface area contributed by atoms with Crippen LogP contribution < -0.4 is 5.32 Å². The Kier molecular flexibility index (Phi) is 3.07. The molecule has 1 saturated heterocycles. The first-order valence-corrected chi connectivity index (χ1v) is 4.82. The Morgan fingerprint density at radius 1 is 1.38 bits per heavy atom. The van der Waals surface area contributed by atoms with E-state index >= 15 is 0 Å². The van der Waals surface area contributed by atoms with Crippen molar-refractivity contribution >= 4 is 11.7 Å². The van der Waals surface area contributed by atoms with Crippen molar-refractivity contribution in [3.63, 3.8) is 0 Å². The molecular weight excluding hydrogens is 166 g/mol. The molecule has 0 aromatic rings. The highest BCUT2D eigenvalue weighted by molar-refractivity contribution is 6.07. The number of nitrogens with one attached hydrogen (secondary N) is 1. The van der Waals surface area contributed by atoms with Gasteiger partial charge in [-0.15, -0.1) is 0 Å². The number of ketones is 1. The van der Waals surface area contributed by atoms with E-state index in [0.717, 1.165) is 6.42 Å². The SMILES string of the molecule is CC(C)CC(C)C1NC(=O)CC1=O. The van der Waals surface area contributed by atoms with Gasteiger partial charge in [0.2, 0.25) is 5.91 Å². The molecule has 0 aromatic heterocycles. The maximum Gasteiger partial charge on any atom is 0.228 e. The largest absolute Gasteiger partial charge is 0.346 e. The van der Waals surface area contributed by atoms with Crippen LogP contribution in [-0.4, -0.2) is 17.7 Å². The van der Waals surface area contributed by atoms with E-state index in [2.05, 4.69) is 19.2 Å². The molecule has 3 nitrogen and oxygen atoms in total. The Balaban J connectivity index is 2.52. The van der Waals surface area contributed by atoms with Crippen molar-refractivity contribution in [1.29, 1.82) is 0 Å². The fourth-order valence-corrected chi connectivity index (χ4v) is 1.91. The van der Waals surface area contributed by atoms with Crippen LogP contribution in [0.1, 0.15) is 33.6 Å². The molecule has 1 N–H and O–H groups in total. The Hall–Kier alpha value is -0.860. The smallest absolute Gasteiger partial charge is 0.228 e. The van der Waals surface area contributed by atoms with Crippen molar-refractivity contribution in [2.75, 3.05) is 0 Å². The Bertz CT molecular complexity index is 223. The van der Waals surface area contributed by atoms with Crippen molar-refractivity contribution in [3.05, 3.63) is 0 Å². The molecule has 1 heterocycles. The number of Topliss-reactive ketones (excluding diaryl/α,β-unsaturated/α-hetero) is 1. The molecule has 0 spiro atoms. The number of hydrogen-bond donors (Lipinski definition) is 1. The molecule has 0 aliphatic carbocycles. The summed E-state index contributed by atoms with van der Waals surface area (Å²) in [6, 6.07) is -0.227. The maximum absolute atomic E-state index is 11.3. The van der Waals surface area contributed by atoms with Gasteiger partial charge in [-0.25, -0.2) is 0 Å². The van der Waals surface area contributed by atoms with E-state index in [4.69, 9.17) is 0 Å². The lowest BCUT2D eigenvalue weighted by molar-refractivity contribution is -0.122. The van der Waals surface area contributed by atoms with Gasteiger partial charge >= 0.3 is 0 Å². The van der Waals surface area contributed by atoms with E-state index in [-0.39, 0.29) is 30.1 Å². The number of hydrogen-bond acceptors (Lipinski definition) is 2. The molecule has 0 radical (unpaired) electrons. The highest BCUT2D eigenvalue weighted by Crippen LogP contribution is 2.19. The van der Waals surface area contributed by atoms with E-state index in [0.29, 0.717) is 5.92 Å². The second-order valence-electron chi connectivity index (χ2n) is 4.30. The average Bonchev–Trinajstić information content (AvgIpc) is 2.28. The van der Waals surface area contributed by atoms with Crippen LogP contribution >= 0.6 is 0 Å². The van der Waals surface area contributed by atoms with Crippen molar-refractivity contribution in [2.45, 2.75) is 39.7 Å². The highest BCUT2D eigenvalue weighted by atomic mass is 16.2. The molecule has 1 aliphatic heterocycles.